The molecule has 2 saturated heterocycles. The van der Waals surface area contributed by atoms with E-state index >= 15 is 0 Å². The number of fused-ring (bicyclic) bond motifs is 2. The molecule has 1 unspecified atom stereocenters. The molecule has 2 aromatic carbocycles. The van der Waals surface area contributed by atoms with Crippen molar-refractivity contribution in [3.05, 3.63) is 64.0 Å². The van der Waals surface area contributed by atoms with Gasteiger partial charge in [-0.25, -0.2) is 17.5 Å². The highest BCUT2D eigenvalue weighted by molar-refractivity contribution is 7.89. The molecule has 1 aromatic heterocycles. The number of halogens is 3. The monoisotopic (exact) mass is 637 g/mol. The van der Waals surface area contributed by atoms with E-state index in [1.54, 1.807) is 11.0 Å². The molecule has 3 amide bonds. The topological polar surface area (TPSA) is 132 Å². The molecule has 3 N–H and O–H groups in total. The van der Waals surface area contributed by atoms with Gasteiger partial charge in [0.1, 0.15) is 22.4 Å². The molecule has 224 valence electrons. The number of nitrogens with one attached hydrogen (secondary N) is 3. The van der Waals surface area contributed by atoms with Crippen molar-refractivity contribution in [2.75, 3.05) is 19.6 Å². The Morgan fingerprint density at radius 1 is 1.17 bits per heavy atom. The lowest BCUT2D eigenvalue weighted by molar-refractivity contribution is -0.206. The fraction of sp³-hybridized carbons (Fsp3) is 0.393. The van der Waals surface area contributed by atoms with Crippen molar-refractivity contribution in [1.82, 2.24) is 24.8 Å². The van der Waals surface area contributed by atoms with Gasteiger partial charge in [0, 0.05) is 29.0 Å². The molecular weight excluding hydrogens is 608 g/mol. The summed E-state index contributed by atoms with van der Waals surface area (Å²) in [6, 6.07) is 8.71. The number of rotatable bonds is 7. The quantitative estimate of drug-likeness (QED) is 0.365. The van der Waals surface area contributed by atoms with Crippen LogP contribution in [0.2, 0.25) is 10.0 Å². The molecule has 14 heteroatoms. The molecule has 0 spiro atoms. The van der Waals surface area contributed by atoms with E-state index in [-0.39, 0.29) is 51.1 Å². The Hall–Kier alpha value is -3.19. The van der Waals surface area contributed by atoms with E-state index in [0.717, 1.165) is 0 Å². The first-order chi connectivity index (χ1) is 19.5. The third-order valence-corrected chi connectivity index (χ3v) is 10.1. The van der Waals surface area contributed by atoms with Crippen molar-refractivity contribution in [3.63, 3.8) is 0 Å². The predicted molar refractivity (Wildman–Crippen MR) is 156 cm³/mol. The smallest absolute Gasteiger partial charge is 0.268 e. The van der Waals surface area contributed by atoms with Crippen LogP contribution in [0.25, 0.3) is 10.9 Å². The Bertz CT molecular complexity index is 1720. The van der Waals surface area contributed by atoms with Crippen LogP contribution >= 0.6 is 23.2 Å². The average Bonchev–Trinajstić information content (AvgIpc) is 3.36. The van der Waals surface area contributed by atoms with Gasteiger partial charge in [0.15, 0.2) is 0 Å². The Balaban J connectivity index is 1.23. The first-order valence-corrected chi connectivity index (χ1v) is 15.4. The lowest BCUT2D eigenvalue weighted by atomic mass is 9.70. The second-order valence-electron chi connectivity index (χ2n) is 11.9. The SMILES string of the molecule is CC(C)(C)[C@H](NC(=O)c1cc2c(F)cccc2[nH]1)C(=O)N1C[C@H]2N(C(=O)CNS(=O)(=O)c3cc(Cl)ccc3Cl)CC21C. The zero-order valence-electron chi connectivity index (χ0n) is 23.3. The van der Waals surface area contributed by atoms with Crippen LogP contribution in [0.5, 0.6) is 0 Å². The van der Waals surface area contributed by atoms with Crippen LogP contribution in [0.15, 0.2) is 47.4 Å². The number of aromatic nitrogens is 1. The fourth-order valence-electron chi connectivity index (χ4n) is 5.49. The molecule has 0 saturated carbocycles. The van der Waals surface area contributed by atoms with Crippen molar-refractivity contribution in [1.29, 1.82) is 0 Å². The molecule has 0 aliphatic carbocycles. The van der Waals surface area contributed by atoms with E-state index in [1.807, 2.05) is 27.7 Å². The van der Waals surface area contributed by atoms with Gasteiger partial charge in [0.05, 0.1) is 23.1 Å². The number of aromatic amines is 1. The maximum absolute atomic E-state index is 14.1. The molecule has 3 aromatic rings. The van der Waals surface area contributed by atoms with Crippen LogP contribution in [-0.4, -0.2) is 78.2 Å². The van der Waals surface area contributed by atoms with Crippen LogP contribution < -0.4 is 10.0 Å². The molecule has 2 aliphatic heterocycles. The second-order valence-corrected chi connectivity index (χ2v) is 14.5. The maximum Gasteiger partial charge on any atom is 0.268 e. The summed E-state index contributed by atoms with van der Waals surface area (Å²) in [4.78, 5) is 45.6. The van der Waals surface area contributed by atoms with Crippen LogP contribution in [-0.2, 0) is 19.6 Å². The zero-order chi connectivity index (χ0) is 30.8. The lowest BCUT2D eigenvalue weighted by Gasteiger charge is -2.69. The summed E-state index contributed by atoms with van der Waals surface area (Å²) in [5.74, 6) is -1.76. The fourth-order valence-corrected chi connectivity index (χ4v) is 7.22. The van der Waals surface area contributed by atoms with Crippen LogP contribution in [0.4, 0.5) is 4.39 Å². The van der Waals surface area contributed by atoms with Crippen LogP contribution in [0.1, 0.15) is 38.2 Å². The Kier molecular flexibility index (Phi) is 7.58. The standard InChI is InChI=1S/C28H30Cl2FN5O5S/c1-27(2,3)24(34-25(38)20-11-16-18(31)6-5-7-19(16)33-20)26(39)36-13-22-28(36,4)14-35(22)23(37)12-32-42(40,41)21-10-15(29)8-9-17(21)30/h5-11,22,24,32-33H,12-14H2,1-4H3,(H,34,38)/t22-,24-,28?/m1/s1. The van der Waals surface area contributed by atoms with Gasteiger partial charge >= 0.3 is 0 Å². The maximum atomic E-state index is 14.1. The number of hydrogen-bond donors (Lipinski definition) is 3. The summed E-state index contributed by atoms with van der Waals surface area (Å²) in [6.07, 6.45) is 0. The molecule has 5 rings (SSSR count). The van der Waals surface area contributed by atoms with Gasteiger partial charge in [0.25, 0.3) is 5.91 Å². The molecule has 0 radical (unpaired) electrons. The van der Waals surface area contributed by atoms with Gasteiger partial charge in [-0.1, -0.05) is 50.0 Å². The van der Waals surface area contributed by atoms with Crippen LogP contribution in [0, 0.1) is 11.2 Å². The minimum Gasteiger partial charge on any atom is -0.350 e. The number of amides is 3. The van der Waals surface area contributed by atoms with E-state index in [1.165, 1.54) is 41.3 Å². The van der Waals surface area contributed by atoms with Crippen molar-refractivity contribution in [2.24, 2.45) is 5.41 Å². The lowest BCUT2D eigenvalue weighted by Crippen LogP contribution is -2.89. The molecule has 3 atom stereocenters. The predicted octanol–water partition coefficient (Wildman–Crippen LogP) is 3.55. The van der Waals surface area contributed by atoms with E-state index in [2.05, 4.69) is 15.0 Å². The summed E-state index contributed by atoms with van der Waals surface area (Å²) in [5, 5.41) is 3.24. The number of H-pyrrole nitrogens is 1. The number of benzene rings is 2. The van der Waals surface area contributed by atoms with E-state index in [9.17, 15) is 27.2 Å². The number of piperazine rings is 1. The van der Waals surface area contributed by atoms with Crippen molar-refractivity contribution < 1.29 is 27.2 Å². The number of hydrogen-bond acceptors (Lipinski definition) is 5. The van der Waals surface area contributed by atoms with Gasteiger partial charge in [-0.2, -0.15) is 0 Å². The molecule has 2 aliphatic rings. The Morgan fingerprint density at radius 2 is 1.88 bits per heavy atom. The summed E-state index contributed by atoms with van der Waals surface area (Å²) in [7, 11) is -4.09. The van der Waals surface area contributed by atoms with Gasteiger partial charge < -0.3 is 20.1 Å². The molecular formula is C28H30Cl2FN5O5S. The summed E-state index contributed by atoms with van der Waals surface area (Å²) < 4.78 is 41.8. The van der Waals surface area contributed by atoms with Gasteiger partial charge in [-0.15, -0.1) is 0 Å². The third kappa shape index (κ3) is 5.25. The summed E-state index contributed by atoms with van der Waals surface area (Å²) >= 11 is 11.9. The normalized spacial score (nSPS) is 20.9. The average molecular weight is 639 g/mol. The van der Waals surface area contributed by atoms with E-state index < -0.39 is 51.2 Å². The van der Waals surface area contributed by atoms with Crippen molar-refractivity contribution in [2.45, 2.75) is 50.2 Å². The number of sulfonamides is 1. The van der Waals surface area contributed by atoms with Crippen molar-refractivity contribution >= 4 is 61.8 Å². The van der Waals surface area contributed by atoms with Gasteiger partial charge in [0.2, 0.25) is 21.8 Å². The summed E-state index contributed by atoms with van der Waals surface area (Å²) in [6.45, 7) is 7.28. The first kappa shape index (κ1) is 30.3. The van der Waals surface area contributed by atoms with E-state index in [0.29, 0.717) is 5.52 Å². The van der Waals surface area contributed by atoms with Gasteiger partial charge in [-0.3, -0.25) is 14.4 Å². The Morgan fingerprint density at radius 3 is 2.50 bits per heavy atom. The number of carbonyl (C=O) groups is 3. The van der Waals surface area contributed by atoms with Crippen molar-refractivity contribution in [3.8, 4) is 0 Å². The van der Waals surface area contributed by atoms with E-state index in [4.69, 9.17) is 23.2 Å². The highest BCUT2D eigenvalue weighted by Crippen LogP contribution is 2.45. The summed E-state index contributed by atoms with van der Waals surface area (Å²) in [5.41, 5.74) is -0.730. The molecule has 0 bridgehead atoms. The molecule has 3 heterocycles. The minimum absolute atomic E-state index is 0.0266. The highest BCUT2D eigenvalue weighted by atomic mass is 35.5. The van der Waals surface area contributed by atoms with Gasteiger partial charge in [-0.05, 0) is 48.7 Å². The first-order valence-electron chi connectivity index (χ1n) is 13.2. The third-order valence-electron chi connectivity index (χ3n) is 7.98. The number of carbonyl (C=O) groups excluding carboxylic acids is 3. The van der Waals surface area contributed by atoms with Crippen LogP contribution in [0.3, 0.4) is 0 Å². The zero-order valence-corrected chi connectivity index (χ0v) is 25.6. The highest BCUT2D eigenvalue weighted by Gasteiger charge is 2.65. The molecule has 10 nitrogen and oxygen atoms in total. The largest absolute Gasteiger partial charge is 0.350 e. The second kappa shape index (κ2) is 10.5. The minimum atomic E-state index is -4.09. The number of likely N-dealkylation sites (tertiary alicyclic amines) is 2. The molecule has 2 fully saturated rings. The molecule has 42 heavy (non-hydrogen) atoms. The number of nitrogens with zero attached hydrogens (tertiary/aromatic N) is 2. The Labute approximate surface area is 252 Å².